The summed E-state index contributed by atoms with van der Waals surface area (Å²) < 4.78 is 6.01. The van der Waals surface area contributed by atoms with Crippen molar-refractivity contribution in [2.24, 2.45) is 10.2 Å². The number of benzene rings is 3. The number of azo groups is 1. The van der Waals surface area contributed by atoms with E-state index in [0.29, 0.717) is 27.8 Å². The molecule has 5 aromatic rings. The number of ether oxygens (including phenoxy) is 1. The molecule has 0 aliphatic heterocycles. The minimum absolute atomic E-state index is 0.150. The van der Waals surface area contributed by atoms with Crippen molar-refractivity contribution in [3.05, 3.63) is 70.7 Å². The number of aromatic hydroxyl groups is 1. The number of carbonyl (C=O) groups is 1. The maximum absolute atomic E-state index is 12.6. The van der Waals surface area contributed by atoms with Gasteiger partial charge in [0.2, 0.25) is 5.88 Å². The maximum Gasteiger partial charge on any atom is 0.295 e. The van der Waals surface area contributed by atoms with Crippen molar-refractivity contribution < 1.29 is 14.6 Å². The molecular weight excluding hydrogens is 474 g/mol. The van der Waals surface area contributed by atoms with Crippen LogP contribution in [0, 0.1) is 0 Å². The Labute approximate surface area is 190 Å². The van der Waals surface area contributed by atoms with Crippen LogP contribution in [0.2, 0.25) is 0 Å². The van der Waals surface area contributed by atoms with Gasteiger partial charge in [-0.3, -0.25) is 4.79 Å². The number of halogens is 1. The first kappa shape index (κ1) is 20.0. The zero-order valence-electron chi connectivity index (χ0n) is 16.8. The van der Waals surface area contributed by atoms with Gasteiger partial charge in [0.25, 0.3) is 5.91 Å². The molecule has 2 aromatic heterocycles. The third-order valence-electron chi connectivity index (χ3n) is 5.05. The molecule has 0 bridgehead atoms. The minimum atomic E-state index is -0.531. The quantitative estimate of drug-likeness (QED) is 0.264. The van der Waals surface area contributed by atoms with Crippen LogP contribution < -0.4 is 4.74 Å². The number of hydrogen-bond acceptors (Lipinski definition) is 5. The van der Waals surface area contributed by atoms with Gasteiger partial charge in [0.05, 0.1) is 23.7 Å². The lowest BCUT2D eigenvalue weighted by Gasteiger charge is -2.00. The predicted molar refractivity (Wildman–Crippen MR) is 125 cm³/mol. The van der Waals surface area contributed by atoms with Crippen molar-refractivity contribution in [1.82, 2.24) is 15.0 Å². The zero-order chi connectivity index (χ0) is 22.2. The summed E-state index contributed by atoms with van der Waals surface area (Å²) in [6.45, 7) is 0. The lowest BCUT2D eigenvalue weighted by molar-refractivity contribution is 0.0995. The maximum atomic E-state index is 12.6. The van der Waals surface area contributed by atoms with Gasteiger partial charge in [-0.2, -0.15) is 0 Å². The monoisotopic (exact) mass is 489 g/mol. The summed E-state index contributed by atoms with van der Waals surface area (Å²) in [7, 11) is 1.62. The fraction of sp³-hybridized carbons (Fsp3) is 0.0435. The Hall–Kier alpha value is -3.98. The van der Waals surface area contributed by atoms with Crippen LogP contribution in [-0.2, 0) is 0 Å². The van der Waals surface area contributed by atoms with Crippen LogP contribution in [0.5, 0.6) is 11.6 Å². The van der Waals surface area contributed by atoms with E-state index in [-0.39, 0.29) is 11.6 Å². The van der Waals surface area contributed by atoms with E-state index in [0.717, 1.165) is 21.3 Å². The number of carbonyl (C=O) groups excluding carboxylic acids is 1. The molecule has 8 nitrogen and oxygen atoms in total. The summed E-state index contributed by atoms with van der Waals surface area (Å²) in [5.74, 6) is 0.763. The summed E-state index contributed by atoms with van der Waals surface area (Å²) in [5, 5.41) is 18.6. The van der Waals surface area contributed by atoms with Gasteiger partial charge < -0.3 is 19.8 Å². The Morgan fingerprint density at radius 3 is 2.62 bits per heavy atom. The highest BCUT2D eigenvalue weighted by molar-refractivity contribution is 9.10. The SMILES string of the molecule is COc1ccc(-c2nc3ccc(C(=O)N=Nc4c(O)[nH]c5ccc(Br)cc45)cc3[nH]2)cc1. The average Bonchev–Trinajstić information content (AvgIpc) is 3.37. The number of hydrogen-bond donors (Lipinski definition) is 3. The lowest BCUT2D eigenvalue weighted by Crippen LogP contribution is -1.93. The van der Waals surface area contributed by atoms with Crippen LogP contribution in [0.3, 0.4) is 0 Å². The molecule has 0 spiro atoms. The standard InChI is InChI=1S/C23H16BrN5O3/c1-32-15-6-2-12(3-7-15)21-25-18-8-4-13(10-19(18)26-21)22(30)29-28-20-16-11-14(24)5-9-17(16)27-23(20)31/h2-11,27,31H,1H3,(H,25,26). The largest absolute Gasteiger partial charge is 0.497 e. The number of amides is 1. The van der Waals surface area contributed by atoms with Gasteiger partial charge in [0, 0.05) is 21.0 Å². The number of aromatic amines is 2. The second kappa shape index (κ2) is 7.93. The van der Waals surface area contributed by atoms with Gasteiger partial charge in [-0.05, 0) is 60.7 Å². The van der Waals surface area contributed by atoms with E-state index in [1.54, 1.807) is 37.4 Å². The van der Waals surface area contributed by atoms with Crippen molar-refractivity contribution >= 4 is 49.5 Å². The molecule has 5 rings (SSSR count). The molecule has 0 atom stereocenters. The third kappa shape index (κ3) is 3.63. The molecule has 0 fully saturated rings. The molecule has 3 aromatic carbocycles. The normalized spacial score (nSPS) is 11.6. The van der Waals surface area contributed by atoms with Crippen LogP contribution >= 0.6 is 15.9 Å². The van der Waals surface area contributed by atoms with Gasteiger partial charge in [0.15, 0.2) is 5.69 Å². The highest BCUT2D eigenvalue weighted by Crippen LogP contribution is 2.37. The van der Waals surface area contributed by atoms with Crippen LogP contribution in [0.1, 0.15) is 10.4 Å². The molecule has 9 heteroatoms. The number of H-pyrrole nitrogens is 2. The van der Waals surface area contributed by atoms with Crippen LogP contribution in [0.15, 0.2) is 75.4 Å². The van der Waals surface area contributed by atoms with Crippen molar-refractivity contribution in [3.8, 4) is 23.0 Å². The first-order valence-electron chi connectivity index (χ1n) is 9.62. The van der Waals surface area contributed by atoms with E-state index in [9.17, 15) is 9.90 Å². The second-order valence-corrected chi connectivity index (χ2v) is 7.98. The van der Waals surface area contributed by atoms with Gasteiger partial charge in [0.1, 0.15) is 11.6 Å². The first-order valence-corrected chi connectivity index (χ1v) is 10.4. The molecule has 32 heavy (non-hydrogen) atoms. The Morgan fingerprint density at radius 1 is 1.03 bits per heavy atom. The first-order chi connectivity index (χ1) is 15.5. The summed E-state index contributed by atoms with van der Waals surface area (Å²) in [6.07, 6.45) is 0. The topological polar surface area (TPSA) is 116 Å². The van der Waals surface area contributed by atoms with Crippen molar-refractivity contribution in [2.75, 3.05) is 7.11 Å². The van der Waals surface area contributed by atoms with Crippen LogP contribution in [-0.4, -0.2) is 33.1 Å². The minimum Gasteiger partial charge on any atom is -0.497 e. The van der Waals surface area contributed by atoms with E-state index in [1.165, 1.54) is 0 Å². The molecule has 0 saturated carbocycles. The number of methoxy groups -OCH3 is 1. The van der Waals surface area contributed by atoms with E-state index in [1.807, 2.05) is 30.3 Å². The summed E-state index contributed by atoms with van der Waals surface area (Å²) in [5.41, 5.74) is 3.58. The zero-order valence-corrected chi connectivity index (χ0v) is 18.3. The highest BCUT2D eigenvalue weighted by atomic mass is 79.9. The van der Waals surface area contributed by atoms with Crippen molar-refractivity contribution in [1.29, 1.82) is 0 Å². The van der Waals surface area contributed by atoms with Crippen molar-refractivity contribution in [3.63, 3.8) is 0 Å². The Bertz CT molecular complexity index is 1500. The number of imidazole rings is 1. The average molecular weight is 490 g/mol. The summed E-state index contributed by atoms with van der Waals surface area (Å²) in [4.78, 5) is 23.3. The van der Waals surface area contributed by atoms with Gasteiger partial charge in [-0.15, -0.1) is 10.2 Å². The molecule has 2 heterocycles. The summed E-state index contributed by atoms with van der Waals surface area (Å²) in [6, 6.07) is 18.0. The Balaban J connectivity index is 1.44. The molecule has 0 aliphatic carbocycles. The third-order valence-corrected chi connectivity index (χ3v) is 5.54. The molecule has 0 saturated heterocycles. The van der Waals surface area contributed by atoms with Crippen molar-refractivity contribution in [2.45, 2.75) is 0 Å². The van der Waals surface area contributed by atoms with Crippen LogP contribution in [0.4, 0.5) is 5.69 Å². The number of fused-ring (bicyclic) bond motifs is 2. The van der Waals surface area contributed by atoms with Gasteiger partial charge in [-0.1, -0.05) is 15.9 Å². The molecule has 0 radical (unpaired) electrons. The molecule has 158 valence electrons. The number of aromatic nitrogens is 3. The summed E-state index contributed by atoms with van der Waals surface area (Å²) >= 11 is 3.39. The molecule has 0 aliphatic rings. The molecule has 1 amide bonds. The van der Waals surface area contributed by atoms with E-state index >= 15 is 0 Å². The number of rotatable bonds is 4. The van der Waals surface area contributed by atoms with E-state index < -0.39 is 5.91 Å². The fourth-order valence-electron chi connectivity index (χ4n) is 3.42. The predicted octanol–water partition coefficient (Wildman–Crippen LogP) is 6.11. The lowest BCUT2D eigenvalue weighted by atomic mass is 10.2. The van der Waals surface area contributed by atoms with Crippen LogP contribution in [0.25, 0.3) is 33.3 Å². The second-order valence-electron chi connectivity index (χ2n) is 7.06. The Morgan fingerprint density at radius 2 is 1.84 bits per heavy atom. The molecular formula is C23H16BrN5O3. The fourth-order valence-corrected chi connectivity index (χ4v) is 3.78. The molecule has 0 unspecified atom stereocenters. The van der Waals surface area contributed by atoms with Gasteiger partial charge >= 0.3 is 0 Å². The van der Waals surface area contributed by atoms with E-state index in [4.69, 9.17) is 4.74 Å². The smallest absolute Gasteiger partial charge is 0.295 e. The molecule has 3 N–H and O–H groups in total. The van der Waals surface area contributed by atoms with E-state index in [2.05, 4.69) is 41.1 Å². The number of nitrogens with one attached hydrogen (secondary N) is 2. The highest BCUT2D eigenvalue weighted by Gasteiger charge is 2.13. The number of nitrogens with zero attached hydrogens (tertiary/aromatic N) is 3. The van der Waals surface area contributed by atoms with Gasteiger partial charge in [-0.25, -0.2) is 4.98 Å². The Kier molecular flexibility index (Phi) is 4.95.